The van der Waals surface area contributed by atoms with Gasteiger partial charge in [0.15, 0.2) is 0 Å². The summed E-state index contributed by atoms with van der Waals surface area (Å²) in [7, 11) is -3.05. The van der Waals surface area contributed by atoms with Gasteiger partial charge in [-0.2, -0.15) is 9.90 Å². The van der Waals surface area contributed by atoms with Crippen molar-refractivity contribution in [2.75, 3.05) is 11.5 Å². The highest BCUT2D eigenvalue weighted by atomic mass is 79.9. The number of aromatic nitrogens is 4. The van der Waals surface area contributed by atoms with Crippen LogP contribution in [0.4, 0.5) is 11.4 Å². The largest absolute Gasteiger partial charge is 0.494 e. The Balaban J connectivity index is 0.000000171. The quantitative estimate of drug-likeness (QED) is 0.0149. The summed E-state index contributed by atoms with van der Waals surface area (Å²) in [5, 5.41) is 59.3. The van der Waals surface area contributed by atoms with Crippen LogP contribution in [0.5, 0.6) is 0 Å². The van der Waals surface area contributed by atoms with Gasteiger partial charge in [-0.1, -0.05) is 398 Å². The van der Waals surface area contributed by atoms with Gasteiger partial charge in [0.05, 0.1) is 49.0 Å². The molecule has 1 aliphatic heterocycles. The maximum Gasteiger partial charge on any atom is 0.494 e. The highest BCUT2D eigenvalue weighted by Crippen LogP contribution is 2.61. The minimum absolute atomic E-state index is 0. The van der Waals surface area contributed by atoms with Crippen molar-refractivity contribution in [3.05, 3.63) is 426 Å². The molecule has 0 radical (unpaired) electrons. The number of nitrogen functional groups attached to an aromatic ring is 2. The Kier molecular flexibility index (Phi) is 40.5. The lowest BCUT2D eigenvalue weighted by Crippen LogP contribution is -2.41. The Morgan fingerprint density at radius 3 is 1.15 bits per heavy atom. The van der Waals surface area contributed by atoms with Gasteiger partial charge in [-0.25, -0.2) is 15.0 Å². The van der Waals surface area contributed by atoms with E-state index in [0.29, 0.717) is 21.1 Å². The molecule has 1 unspecified atom stereocenters. The summed E-state index contributed by atoms with van der Waals surface area (Å²) in [5.41, 5.74) is 29.9. The first kappa shape index (κ1) is 110. The van der Waals surface area contributed by atoms with Crippen LogP contribution in [0.2, 0.25) is 15.2 Å². The molecule has 21 rings (SSSR count). The van der Waals surface area contributed by atoms with Crippen LogP contribution in [0.1, 0.15) is 41.5 Å². The molecule has 3 aromatic heterocycles. The molecule has 1 fully saturated rings. The van der Waals surface area contributed by atoms with E-state index in [1.807, 2.05) is 140 Å². The first-order chi connectivity index (χ1) is 66.3. The summed E-state index contributed by atoms with van der Waals surface area (Å²) in [5.74, 6) is -1.71. The number of carbonyl (C=O) groups is 2. The van der Waals surface area contributed by atoms with Crippen LogP contribution in [0.15, 0.2) is 411 Å². The van der Waals surface area contributed by atoms with Crippen molar-refractivity contribution in [3.63, 3.8) is 0 Å². The zero-order valence-electron chi connectivity index (χ0n) is 76.1. The first-order valence-electron chi connectivity index (χ1n) is 43.3. The number of imidazole rings is 1. The fourth-order valence-electron chi connectivity index (χ4n) is 15.2. The Labute approximate surface area is 860 Å². The number of hydrogen-bond donors (Lipinski definition) is 8. The summed E-state index contributed by atoms with van der Waals surface area (Å²) in [6.45, 7) is 8.29. The maximum absolute atomic E-state index is 9.51. The molecule has 0 spiro atoms. The molecule has 0 bridgehead atoms. The molecule has 0 saturated carbocycles. The molecule has 18 nitrogen and oxygen atoms in total. The average Bonchev–Trinajstić information content (AvgIpc) is 1.40. The minimum atomic E-state index is -3.22. The zero-order valence-corrected chi connectivity index (χ0v) is 84.5. The van der Waals surface area contributed by atoms with Crippen molar-refractivity contribution < 1.29 is 59.2 Å². The lowest BCUT2D eigenvalue weighted by molar-refractivity contribution is -0.147. The molecule has 30 heteroatoms. The number of para-hydroxylation sites is 3. The molecule has 4 heterocycles. The molecular formula is C111H100B3BrCl6N6O12P2. The first-order valence-corrected chi connectivity index (χ1v) is 49.7. The van der Waals surface area contributed by atoms with Gasteiger partial charge < -0.3 is 56.6 Å². The normalized spacial score (nSPS) is 11.8. The Morgan fingerprint density at radius 2 is 0.738 bits per heavy atom. The Hall–Kier alpha value is -12.6. The van der Waals surface area contributed by atoms with Crippen LogP contribution in [0.3, 0.4) is 0 Å². The summed E-state index contributed by atoms with van der Waals surface area (Å²) in [4.78, 5) is 33.3. The van der Waals surface area contributed by atoms with Gasteiger partial charge in [0.25, 0.3) is 0 Å². The van der Waals surface area contributed by atoms with E-state index in [9.17, 15) is 14.2 Å². The second kappa shape index (κ2) is 51.7. The maximum atomic E-state index is 9.51. The number of nitrogens with two attached hydrogens (primary N) is 2. The molecule has 1 aliphatic rings. The molecule has 1 atom stereocenters. The molecule has 1 saturated heterocycles. The predicted octanol–water partition coefficient (Wildman–Crippen LogP) is 27.0. The Morgan fingerprint density at radius 1 is 0.397 bits per heavy atom. The van der Waals surface area contributed by atoms with E-state index in [-0.39, 0.29) is 41.1 Å². The van der Waals surface area contributed by atoms with E-state index in [1.165, 1.54) is 33.0 Å². The van der Waals surface area contributed by atoms with Crippen molar-refractivity contribution >= 4 is 237 Å². The number of carboxylic acids is 2. The summed E-state index contributed by atoms with van der Waals surface area (Å²) in [6, 6.07) is 134. The van der Waals surface area contributed by atoms with Gasteiger partial charge in [-0.05, 0) is 199 Å². The van der Waals surface area contributed by atoms with Gasteiger partial charge in [-0.3, -0.25) is 18.7 Å². The number of rotatable bonds is 11. The van der Waals surface area contributed by atoms with Crippen LogP contribution in [0, 0.1) is 0 Å². The van der Waals surface area contributed by atoms with E-state index >= 15 is 0 Å². The van der Waals surface area contributed by atoms with Gasteiger partial charge >= 0.3 is 38.5 Å². The molecule has 17 aromatic carbocycles. The van der Waals surface area contributed by atoms with E-state index in [0.717, 1.165) is 131 Å². The second-order valence-electron chi connectivity index (χ2n) is 32.3. The topological polar surface area (TPSA) is 318 Å². The van der Waals surface area contributed by atoms with Crippen molar-refractivity contribution in [1.29, 1.82) is 0 Å². The van der Waals surface area contributed by atoms with Gasteiger partial charge in [0.2, 0.25) is 0 Å². The smallest absolute Gasteiger partial charge is 0.481 e. The molecule has 12 N–H and O–H groups in total. The SMILES string of the molecule is C.CC1(C)OB(c2ccc(-c3nc4ccccc4n3-c3ccccc3)cc2)OC1(C)C.Clc1cc(-c2ccccc2)nc2c1cc(-c1ccccc1)c1ccccc12.Clc1cc(Cl)c2cc(-c3ccccc3)c3ccccc3c2n1.Nc1ccc(-c2ccccc2)c2ccccc12.Nc1ccc(Br)c2ccccc12.O.O=C(O)CC(=O)O.O=P(Cl)(Cl)Cl.OB(O)c1ccccc1.OB(O)c1ccccc1.P. The van der Waals surface area contributed by atoms with Crippen LogP contribution in [0.25, 0.3) is 138 Å². The summed E-state index contributed by atoms with van der Waals surface area (Å²) in [6.07, 6.45) is -0.806. The third-order valence-corrected chi connectivity index (χ3v) is 24.0. The highest BCUT2D eigenvalue weighted by Gasteiger charge is 2.51. The lowest BCUT2D eigenvalue weighted by Gasteiger charge is -2.32. The van der Waals surface area contributed by atoms with Crippen molar-refractivity contribution in [2.24, 2.45) is 0 Å². The van der Waals surface area contributed by atoms with Crippen LogP contribution in [-0.2, 0) is 23.5 Å². The number of nitrogens with zero attached hydrogens (tertiary/aromatic N) is 4. The third-order valence-electron chi connectivity index (χ3n) is 22.5. The number of carboxylic acid groups (broad SMARTS) is 2. The summed E-state index contributed by atoms with van der Waals surface area (Å²) < 4.78 is 25.2. The lowest BCUT2D eigenvalue weighted by atomic mass is 9.79. The number of pyridine rings is 2. The number of aliphatic carboxylic acids is 2. The number of halogens is 7. The fraction of sp³-hybridized carbons (Fsp3) is 0.0721. The second-order valence-corrected chi connectivity index (χ2v) is 41.0. The minimum Gasteiger partial charge on any atom is -0.481 e. The third kappa shape index (κ3) is 29.3. The van der Waals surface area contributed by atoms with Crippen molar-refractivity contribution in [1.82, 2.24) is 19.5 Å². The van der Waals surface area contributed by atoms with E-state index in [1.54, 1.807) is 54.6 Å². The van der Waals surface area contributed by atoms with Gasteiger partial charge in [-0.15, -0.1) is 0 Å². The number of fused-ring (bicyclic) bond motifs is 9. The van der Waals surface area contributed by atoms with Gasteiger partial charge in [0, 0.05) is 65.0 Å². The summed E-state index contributed by atoms with van der Waals surface area (Å²) >= 11 is 36.5. The molecular weight excluding hydrogens is 2000 g/mol. The monoisotopic (exact) mass is 2090 g/mol. The predicted molar refractivity (Wildman–Crippen MR) is 601 cm³/mol. The molecule has 20 aromatic rings. The Bertz CT molecular complexity index is 7510. The van der Waals surface area contributed by atoms with Crippen LogP contribution < -0.4 is 27.9 Å². The molecule has 141 heavy (non-hydrogen) atoms. The van der Waals surface area contributed by atoms with Crippen LogP contribution in [-0.4, -0.2) is 99.8 Å². The van der Waals surface area contributed by atoms with Crippen molar-refractivity contribution in [3.8, 4) is 61.7 Å². The van der Waals surface area contributed by atoms with Gasteiger partial charge in [0.1, 0.15) is 17.4 Å². The number of anilines is 2. The molecule has 0 amide bonds. The standard InChI is InChI=1S/C25H25BN2O2.C25H16ClN.C19H11Cl2N.C16H13N.C10H8BrN.2C6H7BO2.C3H4O4.CH4.Cl3OP.H2O.H3P/c1-24(2)25(3,4)30-26(29-24)19-16-14-18(15-17-19)23-27-21-12-8-9-13-22(21)28(23)20-10-6-5-7-11-20;26-23-16-24(18-11-5-2-6-12-18)27-25-20-14-8-7-13-19(20)21(15-22(23)25)17-9-3-1-4-10-17;20-17-11-18(21)22-19-14-9-5-4-8-13(14)15(10-16(17)19)12-6-2-1-3-7-12;17-16-11-10-13(12-6-2-1-3-7-12)14-8-4-5-9-15(14)16;11-9-5-6-10(12)8-4-2-1-3-7(8)9;2*8-7(9)6-4-2-1-3-5-6;4-2(5)1-3(6)7;;1-5(2,3)4;;/h5-17H,1-4H3;1-16H;1-11H;1-11H,17H2;1-6H,12H2;2*1-5,8-9H;1H2,(H,4,5)(H,6,7);1H4;;1H2;1H3. The average molecular weight is 2100 g/mol. The van der Waals surface area contributed by atoms with E-state index in [4.69, 9.17) is 95.9 Å². The number of benzene rings is 17. The van der Waals surface area contributed by atoms with Crippen LogP contribution >= 0.6 is 99.6 Å². The highest BCUT2D eigenvalue weighted by molar-refractivity contribution is 9.10. The van der Waals surface area contributed by atoms with Crippen molar-refractivity contribution in [2.45, 2.75) is 52.7 Å². The number of hydrogen-bond acceptors (Lipinski definition) is 14. The molecule has 714 valence electrons. The fourth-order valence-corrected chi connectivity index (χ4v) is 16.4. The van der Waals surface area contributed by atoms with E-state index < -0.39 is 37.8 Å². The van der Waals surface area contributed by atoms with E-state index in [2.05, 4.69) is 299 Å². The zero-order chi connectivity index (χ0) is 98.2. The molecule has 0 aliphatic carbocycles.